The molecule has 4 rings (SSSR count). The maximum absolute atomic E-state index is 12.8. The maximum atomic E-state index is 12.8. The van der Waals surface area contributed by atoms with E-state index >= 15 is 0 Å². The predicted octanol–water partition coefficient (Wildman–Crippen LogP) is 4.73. The molecule has 1 N–H and O–H groups in total. The molecule has 0 radical (unpaired) electrons. The molecule has 0 bridgehead atoms. The number of ether oxygens (including phenoxy) is 1. The standard InChI is InChI=1S/C21H17BrN4O2/c1-13-4-5-14(19-12-26-9-3-8-23-21(26)25-19)10-18(13)24-20(27)16-11-15(28-2)6-7-17(16)22/h3-12H,1-2H3,(H,24,27). The fraction of sp³-hybridized carbons (Fsp3) is 0.0952. The molecule has 1 amide bonds. The minimum absolute atomic E-state index is 0.220. The summed E-state index contributed by atoms with van der Waals surface area (Å²) >= 11 is 3.43. The van der Waals surface area contributed by atoms with E-state index in [-0.39, 0.29) is 5.91 Å². The van der Waals surface area contributed by atoms with Crippen molar-refractivity contribution in [2.45, 2.75) is 6.92 Å². The van der Waals surface area contributed by atoms with Crippen molar-refractivity contribution in [2.24, 2.45) is 0 Å². The summed E-state index contributed by atoms with van der Waals surface area (Å²) in [5.41, 5.74) is 3.87. The van der Waals surface area contributed by atoms with E-state index < -0.39 is 0 Å². The molecule has 28 heavy (non-hydrogen) atoms. The number of nitrogens with one attached hydrogen (secondary N) is 1. The summed E-state index contributed by atoms with van der Waals surface area (Å²) in [4.78, 5) is 21.6. The van der Waals surface area contributed by atoms with E-state index in [4.69, 9.17) is 4.74 Å². The molecular formula is C21H17BrN4O2. The third-order valence-corrected chi connectivity index (χ3v) is 5.13. The molecular weight excluding hydrogens is 420 g/mol. The SMILES string of the molecule is COc1ccc(Br)c(C(=O)Nc2cc(-c3cn4cccnc4n3)ccc2C)c1. The maximum Gasteiger partial charge on any atom is 0.256 e. The number of imidazole rings is 1. The van der Waals surface area contributed by atoms with Crippen LogP contribution in [0.4, 0.5) is 5.69 Å². The van der Waals surface area contributed by atoms with Gasteiger partial charge < -0.3 is 10.1 Å². The number of carbonyl (C=O) groups excluding carboxylic acids is 1. The number of rotatable bonds is 4. The van der Waals surface area contributed by atoms with Gasteiger partial charge in [0.05, 0.1) is 18.4 Å². The van der Waals surface area contributed by atoms with Gasteiger partial charge in [-0.05, 0) is 58.7 Å². The second-order valence-electron chi connectivity index (χ2n) is 6.28. The number of hydrogen-bond donors (Lipinski definition) is 1. The smallest absolute Gasteiger partial charge is 0.256 e. The summed E-state index contributed by atoms with van der Waals surface area (Å²) < 4.78 is 7.78. The summed E-state index contributed by atoms with van der Waals surface area (Å²) in [6.45, 7) is 1.95. The Kier molecular flexibility index (Phi) is 4.83. The van der Waals surface area contributed by atoms with Crippen molar-refractivity contribution < 1.29 is 9.53 Å². The molecule has 7 heteroatoms. The third-order valence-electron chi connectivity index (χ3n) is 4.44. The summed E-state index contributed by atoms with van der Waals surface area (Å²) in [5, 5.41) is 2.99. The number of halogens is 1. The highest BCUT2D eigenvalue weighted by Gasteiger charge is 2.14. The average molecular weight is 437 g/mol. The molecule has 4 aromatic rings. The van der Waals surface area contributed by atoms with Crippen molar-refractivity contribution in [3.63, 3.8) is 0 Å². The minimum Gasteiger partial charge on any atom is -0.497 e. The number of benzene rings is 2. The van der Waals surface area contributed by atoms with E-state index in [1.807, 2.05) is 48.0 Å². The average Bonchev–Trinajstić information content (AvgIpc) is 3.14. The second-order valence-corrected chi connectivity index (χ2v) is 7.14. The van der Waals surface area contributed by atoms with Crippen LogP contribution in [-0.2, 0) is 0 Å². The number of anilines is 1. The van der Waals surface area contributed by atoms with Crippen LogP contribution in [0.25, 0.3) is 17.0 Å². The molecule has 0 unspecified atom stereocenters. The Balaban J connectivity index is 1.67. The van der Waals surface area contributed by atoms with Gasteiger partial charge >= 0.3 is 0 Å². The van der Waals surface area contributed by atoms with E-state index in [0.29, 0.717) is 21.6 Å². The lowest BCUT2D eigenvalue weighted by Crippen LogP contribution is -2.13. The lowest BCUT2D eigenvalue weighted by molar-refractivity contribution is 0.102. The Labute approximate surface area is 170 Å². The van der Waals surface area contributed by atoms with Crippen LogP contribution in [0.5, 0.6) is 5.75 Å². The Morgan fingerprint density at radius 1 is 1.21 bits per heavy atom. The van der Waals surface area contributed by atoms with Gasteiger partial charge in [-0.25, -0.2) is 9.97 Å². The summed E-state index contributed by atoms with van der Waals surface area (Å²) in [7, 11) is 1.57. The lowest BCUT2D eigenvalue weighted by atomic mass is 10.1. The van der Waals surface area contributed by atoms with Gasteiger partial charge in [0, 0.05) is 34.3 Å². The highest BCUT2D eigenvalue weighted by atomic mass is 79.9. The normalized spacial score (nSPS) is 10.8. The van der Waals surface area contributed by atoms with E-state index in [2.05, 4.69) is 31.2 Å². The molecule has 0 aliphatic carbocycles. The van der Waals surface area contributed by atoms with Gasteiger partial charge in [-0.3, -0.25) is 9.20 Å². The Morgan fingerprint density at radius 3 is 2.86 bits per heavy atom. The Hall–Kier alpha value is -3.19. The van der Waals surface area contributed by atoms with Crippen molar-refractivity contribution in [3.8, 4) is 17.0 Å². The van der Waals surface area contributed by atoms with Crippen molar-refractivity contribution in [1.29, 1.82) is 0 Å². The number of fused-ring (bicyclic) bond motifs is 1. The molecule has 0 saturated heterocycles. The Bertz CT molecular complexity index is 1150. The number of aryl methyl sites for hydroxylation is 1. The van der Waals surface area contributed by atoms with Crippen LogP contribution in [0.1, 0.15) is 15.9 Å². The van der Waals surface area contributed by atoms with Crippen molar-refractivity contribution in [3.05, 3.63) is 76.7 Å². The number of methoxy groups -OCH3 is 1. The van der Waals surface area contributed by atoms with E-state index in [1.54, 1.807) is 31.5 Å². The fourth-order valence-electron chi connectivity index (χ4n) is 2.88. The quantitative estimate of drug-likeness (QED) is 0.502. The zero-order valence-electron chi connectivity index (χ0n) is 15.3. The first-order chi connectivity index (χ1) is 13.5. The largest absolute Gasteiger partial charge is 0.497 e. The van der Waals surface area contributed by atoms with Crippen LogP contribution in [0.3, 0.4) is 0 Å². The zero-order valence-corrected chi connectivity index (χ0v) is 16.9. The van der Waals surface area contributed by atoms with Gasteiger partial charge in [0.2, 0.25) is 5.78 Å². The second kappa shape index (κ2) is 7.44. The fourth-order valence-corrected chi connectivity index (χ4v) is 3.31. The molecule has 0 atom stereocenters. The topological polar surface area (TPSA) is 68.5 Å². The molecule has 0 spiro atoms. The highest BCUT2D eigenvalue weighted by Crippen LogP contribution is 2.27. The van der Waals surface area contributed by atoms with Gasteiger partial charge in [0.15, 0.2) is 0 Å². The molecule has 6 nitrogen and oxygen atoms in total. The van der Waals surface area contributed by atoms with Crippen LogP contribution in [0.15, 0.2) is 65.5 Å². The molecule has 0 fully saturated rings. The summed E-state index contributed by atoms with van der Waals surface area (Å²) in [6.07, 6.45) is 5.52. The zero-order chi connectivity index (χ0) is 19.7. The van der Waals surface area contributed by atoms with E-state index in [1.165, 1.54) is 0 Å². The first kappa shape index (κ1) is 18.2. The molecule has 0 aliphatic heterocycles. The van der Waals surface area contributed by atoms with E-state index in [0.717, 1.165) is 22.5 Å². The van der Waals surface area contributed by atoms with Crippen LogP contribution < -0.4 is 10.1 Å². The summed E-state index contributed by atoms with van der Waals surface area (Å²) in [6, 6.07) is 13.0. The minimum atomic E-state index is -0.220. The molecule has 0 saturated carbocycles. The number of aromatic nitrogens is 3. The van der Waals surface area contributed by atoms with Crippen LogP contribution in [0.2, 0.25) is 0 Å². The van der Waals surface area contributed by atoms with Crippen molar-refractivity contribution in [2.75, 3.05) is 12.4 Å². The third kappa shape index (κ3) is 3.48. The molecule has 2 aromatic heterocycles. The Morgan fingerprint density at radius 2 is 2.07 bits per heavy atom. The van der Waals surface area contributed by atoms with Gasteiger partial charge in [0.25, 0.3) is 5.91 Å². The number of amides is 1. The summed E-state index contributed by atoms with van der Waals surface area (Å²) in [5.74, 6) is 1.03. The van der Waals surface area contributed by atoms with E-state index in [9.17, 15) is 4.79 Å². The van der Waals surface area contributed by atoms with Crippen LogP contribution >= 0.6 is 15.9 Å². The monoisotopic (exact) mass is 436 g/mol. The number of carbonyl (C=O) groups is 1. The van der Waals surface area contributed by atoms with Gasteiger partial charge in [-0.1, -0.05) is 12.1 Å². The van der Waals surface area contributed by atoms with Gasteiger partial charge in [-0.15, -0.1) is 0 Å². The van der Waals surface area contributed by atoms with Crippen molar-refractivity contribution in [1.82, 2.24) is 14.4 Å². The van der Waals surface area contributed by atoms with Crippen molar-refractivity contribution >= 4 is 33.3 Å². The molecule has 2 aromatic carbocycles. The lowest BCUT2D eigenvalue weighted by Gasteiger charge is -2.12. The molecule has 0 aliphatic rings. The molecule has 140 valence electrons. The predicted molar refractivity (Wildman–Crippen MR) is 112 cm³/mol. The van der Waals surface area contributed by atoms with Gasteiger partial charge in [0.1, 0.15) is 5.75 Å². The first-order valence-corrected chi connectivity index (χ1v) is 9.40. The highest BCUT2D eigenvalue weighted by molar-refractivity contribution is 9.10. The van der Waals surface area contributed by atoms with Crippen LogP contribution in [0, 0.1) is 6.92 Å². The van der Waals surface area contributed by atoms with Gasteiger partial charge in [-0.2, -0.15) is 0 Å². The van der Waals surface area contributed by atoms with Crippen LogP contribution in [-0.4, -0.2) is 27.4 Å². The number of hydrogen-bond acceptors (Lipinski definition) is 4. The molecule has 2 heterocycles. The first-order valence-electron chi connectivity index (χ1n) is 8.61. The number of nitrogens with zero attached hydrogens (tertiary/aromatic N) is 3.